The first-order valence-corrected chi connectivity index (χ1v) is 11.4. The number of para-hydroxylation sites is 1. The number of hydrogen-bond donors (Lipinski definition) is 1. The van der Waals surface area contributed by atoms with E-state index in [2.05, 4.69) is 21.2 Å². The number of nitrogens with zero attached hydrogens (tertiary/aromatic N) is 2. The molecule has 0 spiro atoms. The van der Waals surface area contributed by atoms with E-state index in [0.717, 1.165) is 4.47 Å². The summed E-state index contributed by atoms with van der Waals surface area (Å²) in [6.07, 6.45) is 1.83. The zero-order valence-corrected chi connectivity index (χ0v) is 18.1. The lowest BCUT2D eigenvalue weighted by molar-refractivity contribution is -0.138. The van der Waals surface area contributed by atoms with Gasteiger partial charge in [0.1, 0.15) is 0 Å². The topological polar surface area (TPSA) is 86.8 Å². The molecule has 7 nitrogen and oxygen atoms in total. The average Bonchev–Trinajstić information content (AvgIpc) is 2.63. The SMILES string of the molecule is CCCS(=O)(=O)N1CCCC(C(=O)N(C)CC(=O)Nc2ccccc2Br)C1. The van der Waals surface area contributed by atoms with Gasteiger partial charge < -0.3 is 10.2 Å². The van der Waals surface area contributed by atoms with Crippen molar-refractivity contribution in [2.45, 2.75) is 26.2 Å². The predicted octanol–water partition coefficient (Wildman–Crippen LogP) is 2.30. The number of sulfonamides is 1. The minimum absolute atomic E-state index is 0.0849. The highest BCUT2D eigenvalue weighted by atomic mass is 79.9. The van der Waals surface area contributed by atoms with Gasteiger partial charge >= 0.3 is 0 Å². The van der Waals surface area contributed by atoms with Crippen molar-refractivity contribution in [3.63, 3.8) is 0 Å². The van der Waals surface area contributed by atoms with Crippen molar-refractivity contribution in [1.29, 1.82) is 0 Å². The molecule has 9 heteroatoms. The van der Waals surface area contributed by atoms with Gasteiger partial charge in [-0.15, -0.1) is 0 Å². The summed E-state index contributed by atoms with van der Waals surface area (Å²) in [6.45, 7) is 2.38. The third-order valence-corrected chi connectivity index (χ3v) is 7.23. The molecule has 0 aliphatic carbocycles. The Bertz CT molecular complexity index is 785. The lowest BCUT2D eigenvalue weighted by Gasteiger charge is -2.33. The summed E-state index contributed by atoms with van der Waals surface area (Å²) >= 11 is 3.36. The van der Waals surface area contributed by atoms with E-state index in [1.807, 2.05) is 25.1 Å². The Hall–Kier alpha value is -1.45. The van der Waals surface area contributed by atoms with Crippen LogP contribution >= 0.6 is 15.9 Å². The molecule has 0 radical (unpaired) electrons. The Morgan fingerprint density at radius 2 is 2.04 bits per heavy atom. The first kappa shape index (κ1) is 21.8. The highest BCUT2D eigenvalue weighted by Gasteiger charge is 2.33. The van der Waals surface area contributed by atoms with E-state index in [1.54, 1.807) is 13.1 Å². The number of rotatable bonds is 7. The first-order chi connectivity index (χ1) is 12.7. The molecule has 1 atom stereocenters. The van der Waals surface area contributed by atoms with Gasteiger partial charge in [-0.1, -0.05) is 19.1 Å². The molecular formula is C18H26BrN3O4S. The Morgan fingerprint density at radius 1 is 1.33 bits per heavy atom. The predicted molar refractivity (Wildman–Crippen MR) is 109 cm³/mol. The van der Waals surface area contributed by atoms with Gasteiger partial charge in [0.2, 0.25) is 21.8 Å². The zero-order valence-electron chi connectivity index (χ0n) is 15.7. The molecule has 27 heavy (non-hydrogen) atoms. The summed E-state index contributed by atoms with van der Waals surface area (Å²) in [5, 5.41) is 2.76. The number of hydrogen-bond acceptors (Lipinski definition) is 4. The Kier molecular flexibility index (Phi) is 7.81. The van der Waals surface area contributed by atoms with E-state index >= 15 is 0 Å². The fourth-order valence-electron chi connectivity index (χ4n) is 3.14. The smallest absolute Gasteiger partial charge is 0.244 e. The van der Waals surface area contributed by atoms with Crippen LogP contribution in [0.3, 0.4) is 0 Å². The number of halogens is 1. The van der Waals surface area contributed by atoms with E-state index < -0.39 is 15.9 Å². The summed E-state index contributed by atoms with van der Waals surface area (Å²) in [4.78, 5) is 26.3. The molecule has 1 N–H and O–H groups in total. The maximum atomic E-state index is 12.7. The Balaban J connectivity index is 1.94. The van der Waals surface area contributed by atoms with Crippen LogP contribution in [0.15, 0.2) is 28.7 Å². The fourth-order valence-corrected chi connectivity index (χ4v) is 5.11. The van der Waals surface area contributed by atoms with Crippen molar-refractivity contribution >= 4 is 43.5 Å². The second kappa shape index (κ2) is 9.66. The number of carbonyl (C=O) groups is 2. The molecule has 0 bridgehead atoms. The van der Waals surface area contributed by atoms with E-state index in [0.29, 0.717) is 31.5 Å². The van der Waals surface area contributed by atoms with Gasteiger partial charge in [-0.25, -0.2) is 12.7 Å². The van der Waals surface area contributed by atoms with Crippen LogP contribution in [-0.2, 0) is 19.6 Å². The Morgan fingerprint density at radius 3 is 2.70 bits per heavy atom. The number of amides is 2. The summed E-state index contributed by atoms with van der Waals surface area (Å²) in [5.74, 6) is -0.817. The minimum Gasteiger partial charge on any atom is -0.336 e. The second-order valence-electron chi connectivity index (χ2n) is 6.74. The van der Waals surface area contributed by atoms with Crippen molar-refractivity contribution in [2.75, 3.05) is 37.8 Å². The summed E-state index contributed by atoms with van der Waals surface area (Å²) in [5.41, 5.74) is 0.637. The molecule has 1 aliphatic heterocycles. The largest absolute Gasteiger partial charge is 0.336 e. The summed E-state index contributed by atoms with van der Waals surface area (Å²) in [7, 11) is -1.75. The lowest BCUT2D eigenvalue weighted by Crippen LogP contribution is -2.47. The maximum Gasteiger partial charge on any atom is 0.244 e. The summed E-state index contributed by atoms with van der Waals surface area (Å²) in [6, 6.07) is 7.23. The molecule has 1 aliphatic rings. The number of anilines is 1. The molecule has 1 heterocycles. The molecule has 150 valence electrons. The van der Waals surface area contributed by atoms with Crippen LogP contribution in [0.5, 0.6) is 0 Å². The van der Waals surface area contributed by atoms with Crippen molar-refractivity contribution in [2.24, 2.45) is 5.92 Å². The van der Waals surface area contributed by atoms with E-state index in [1.165, 1.54) is 9.21 Å². The van der Waals surface area contributed by atoms with E-state index in [4.69, 9.17) is 0 Å². The standard InChI is InChI=1S/C18H26BrN3O4S/c1-3-11-27(25,26)22-10-6-7-14(12-22)18(24)21(2)13-17(23)20-16-9-5-4-8-15(16)19/h4-5,8-9,14H,3,6-7,10-13H2,1-2H3,(H,20,23). The number of piperidine rings is 1. The zero-order chi connectivity index (χ0) is 20.0. The molecule has 2 amide bonds. The van der Waals surface area contributed by atoms with Gasteiger partial charge in [-0.2, -0.15) is 0 Å². The molecule has 1 aromatic rings. The maximum absolute atomic E-state index is 12.7. The van der Waals surface area contributed by atoms with Crippen LogP contribution in [0, 0.1) is 5.92 Å². The van der Waals surface area contributed by atoms with Crippen LogP contribution in [-0.4, -0.2) is 61.9 Å². The normalized spacial score (nSPS) is 18.1. The monoisotopic (exact) mass is 459 g/mol. The van der Waals surface area contributed by atoms with Crippen LogP contribution in [0.1, 0.15) is 26.2 Å². The first-order valence-electron chi connectivity index (χ1n) is 9.01. The fraction of sp³-hybridized carbons (Fsp3) is 0.556. The third-order valence-electron chi connectivity index (χ3n) is 4.49. The molecule has 2 rings (SSSR count). The molecule has 1 fully saturated rings. The quantitative estimate of drug-likeness (QED) is 0.677. The van der Waals surface area contributed by atoms with E-state index in [9.17, 15) is 18.0 Å². The highest BCUT2D eigenvalue weighted by molar-refractivity contribution is 9.10. The van der Waals surface area contributed by atoms with Crippen LogP contribution in [0.2, 0.25) is 0 Å². The van der Waals surface area contributed by atoms with Crippen LogP contribution in [0.25, 0.3) is 0 Å². The van der Waals surface area contributed by atoms with Gasteiger partial charge in [-0.05, 0) is 47.3 Å². The van der Waals surface area contributed by atoms with Crippen molar-refractivity contribution in [3.05, 3.63) is 28.7 Å². The van der Waals surface area contributed by atoms with Gasteiger partial charge in [0, 0.05) is 24.6 Å². The van der Waals surface area contributed by atoms with Crippen molar-refractivity contribution in [1.82, 2.24) is 9.21 Å². The van der Waals surface area contributed by atoms with E-state index in [-0.39, 0.29) is 30.7 Å². The number of carbonyl (C=O) groups excluding carboxylic acids is 2. The lowest BCUT2D eigenvalue weighted by atomic mass is 9.98. The van der Waals surface area contributed by atoms with Gasteiger partial charge in [0.05, 0.1) is 23.9 Å². The molecule has 0 aromatic heterocycles. The average molecular weight is 460 g/mol. The molecule has 0 saturated carbocycles. The van der Waals surface area contributed by atoms with Gasteiger partial charge in [0.25, 0.3) is 0 Å². The number of likely N-dealkylation sites (N-methyl/N-ethyl adjacent to an activating group) is 1. The summed E-state index contributed by atoms with van der Waals surface area (Å²) < 4.78 is 26.7. The Labute approximate surface area is 169 Å². The van der Waals surface area contributed by atoms with Crippen LogP contribution < -0.4 is 5.32 Å². The highest BCUT2D eigenvalue weighted by Crippen LogP contribution is 2.23. The van der Waals surface area contributed by atoms with Crippen LogP contribution in [0.4, 0.5) is 5.69 Å². The van der Waals surface area contributed by atoms with Gasteiger partial charge in [-0.3, -0.25) is 9.59 Å². The minimum atomic E-state index is -3.32. The third kappa shape index (κ3) is 6.02. The molecular weight excluding hydrogens is 434 g/mol. The molecule has 1 aromatic carbocycles. The van der Waals surface area contributed by atoms with Crippen molar-refractivity contribution < 1.29 is 18.0 Å². The molecule has 1 unspecified atom stereocenters. The molecule has 1 saturated heterocycles. The van der Waals surface area contributed by atoms with Gasteiger partial charge in [0.15, 0.2) is 0 Å². The second-order valence-corrected chi connectivity index (χ2v) is 9.68. The van der Waals surface area contributed by atoms with Crippen molar-refractivity contribution in [3.8, 4) is 0 Å². The number of benzene rings is 1. The number of nitrogens with one attached hydrogen (secondary N) is 1.